The smallest absolute Gasteiger partial charge is 0.224 e. The number of amides is 1. The van der Waals surface area contributed by atoms with Gasteiger partial charge >= 0.3 is 0 Å². The number of hydrogen-bond acceptors (Lipinski definition) is 3. The Morgan fingerprint density at radius 3 is 2.55 bits per heavy atom. The second kappa shape index (κ2) is 8.18. The molecule has 2 aliphatic rings. The third kappa shape index (κ3) is 4.37. The topological polar surface area (TPSA) is 72.9 Å². The maximum Gasteiger partial charge on any atom is 0.224 e. The Hall–Kier alpha value is -0.780. The number of rotatable bonds is 3. The molecule has 0 saturated heterocycles. The van der Waals surface area contributed by atoms with Crippen LogP contribution >= 0.6 is 24.8 Å². The summed E-state index contributed by atoms with van der Waals surface area (Å²) in [6.45, 7) is 0. The molecule has 126 valence electrons. The van der Waals surface area contributed by atoms with Crippen molar-refractivity contribution in [3.8, 4) is 0 Å². The van der Waals surface area contributed by atoms with Crippen LogP contribution in [0.3, 0.4) is 0 Å². The molecular formula is C15H26Cl2N4O. The molecular weight excluding hydrogens is 323 g/mol. The first-order valence-corrected chi connectivity index (χ1v) is 7.64. The second-order valence-electron chi connectivity index (χ2n) is 6.47. The largest absolute Gasteiger partial charge is 0.353 e. The first-order chi connectivity index (χ1) is 9.61. The molecule has 1 aromatic heterocycles. The van der Waals surface area contributed by atoms with Crippen molar-refractivity contribution >= 4 is 30.7 Å². The molecule has 0 radical (unpaired) electrons. The number of nitrogens with zero attached hydrogens (tertiary/aromatic N) is 2. The van der Waals surface area contributed by atoms with Crippen molar-refractivity contribution in [2.45, 2.75) is 50.6 Å². The molecule has 5 nitrogen and oxygen atoms in total. The Labute approximate surface area is 144 Å². The van der Waals surface area contributed by atoms with Gasteiger partial charge < -0.3 is 11.1 Å². The number of hydrogen-bond donors (Lipinski definition) is 2. The lowest BCUT2D eigenvalue weighted by Gasteiger charge is -2.45. The van der Waals surface area contributed by atoms with Gasteiger partial charge in [-0.25, -0.2) is 0 Å². The zero-order valence-electron chi connectivity index (χ0n) is 12.9. The number of fused-ring (bicyclic) bond motifs is 2. The fourth-order valence-corrected chi connectivity index (χ4v) is 4.01. The molecule has 2 fully saturated rings. The van der Waals surface area contributed by atoms with Crippen LogP contribution in [0.4, 0.5) is 0 Å². The number of aryl methyl sites for hydroxylation is 1. The van der Waals surface area contributed by atoms with Gasteiger partial charge in [0.05, 0.1) is 12.6 Å². The Kier molecular flexibility index (Phi) is 7.16. The first kappa shape index (κ1) is 19.3. The molecule has 2 saturated carbocycles. The van der Waals surface area contributed by atoms with E-state index < -0.39 is 0 Å². The SMILES string of the molecule is Cl.Cl.Cn1cc(CC(=O)NC2C3CCCC2CC(N)C3)cn1. The summed E-state index contributed by atoms with van der Waals surface area (Å²) in [5.74, 6) is 1.28. The minimum Gasteiger partial charge on any atom is -0.353 e. The van der Waals surface area contributed by atoms with Gasteiger partial charge in [0.25, 0.3) is 0 Å². The summed E-state index contributed by atoms with van der Waals surface area (Å²) in [5, 5.41) is 7.37. The summed E-state index contributed by atoms with van der Waals surface area (Å²) >= 11 is 0. The van der Waals surface area contributed by atoms with E-state index in [0.717, 1.165) is 18.4 Å². The lowest BCUT2D eigenvalue weighted by molar-refractivity contribution is -0.122. The van der Waals surface area contributed by atoms with Crippen LogP contribution in [0.5, 0.6) is 0 Å². The Balaban J connectivity index is 0.00000121. The predicted molar refractivity (Wildman–Crippen MR) is 91.4 cm³/mol. The van der Waals surface area contributed by atoms with Crippen LogP contribution in [0.2, 0.25) is 0 Å². The van der Waals surface area contributed by atoms with E-state index in [2.05, 4.69) is 10.4 Å². The lowest BCUT2D eigenvalue weighted by Crippen LogP contribution is -2.54. The summed E-state index contributed by atoms with van der Waals surface area (Å²) in [4.78, 5) is 12.2. The molecule has 3 rings (SSSR count). The summed E-state index contributed by atoms with van der Waals surface area (Å²) in [7, 11) is 1.87. The standard InChI is InChI=1S/C15H24N4O.2ClH/c1-19-9-10(8-17-19)5-14(20)18-15-11-3-2-4-12(15)7-13(16)6-11;;/h8-9,11-13,15H,2-7,16H2,1H3,(H,18,20);2*1H. The fourth-order valence-electron chi connectivity index (χ4n) is 4.01. The van der Waals surface area contributed by atoms with Crippen molar-refractivity contribution in [1.29, 1.82) is 0 Å². The van der Waals surface area contributed by atoms with Crippen LogP contribution in [0.15, 0.2) is 12.4 Å². The van der Waals surface area contributed by atoms with Crippen molar-refractivity contribution in [1.82, 2.24) is 15.1 Å². The molecule has 0 spiro atoms. The van der Waals surface area contributed by atoms with E-state index in [1.807, 2.05) is 13.2 Å². The van der Waals surface area contributed by atoms with Crippen molar-refractivity contribution in [3.05, 3.63) is 18.0 Å². The number of carbonyl (C=O) groups is 1. The maximum absolute atomic E-state index is 12.2. The number of nitrogens with two attached hydrogens (primary N) is 1. The van der Waals surface area contributed by atoms with Crippen LogP contribution in [0.1, 0.15) is 37.7 Å². The van der Waals surface area contributed by atoms with Gasteiger partial charge in [-0.2, -0.15) is 5.10 Å². The van der Waals surface area contributed by atoms with Gasteiger partial charge in [-0.05, 0) is 43.1 Å². The summed E-state index contributed by atoms with van der Waals surface area (Å²) in [5.41, 5.74) is 7.10. The monoisotopic (exact) mass is 348 g/mol. The molecule has 2 aliphatic carbocycles. The van der Waals surface area contributed by atoms with Crippen LogP contribution < -0.4 is 11.1 Å². The maximum atomic E-state index is 12.2. The molecule has 1 heterocycles. The van der Waals surface area contributed by atoms with Gasteiger partial charge in [0.15, 0.2) is 0 Å². The van der Waals surface area contributed by atoms with Crippen LogP contribution in [-0.2, 0) is 18.3 Å². The van der Waals surface area contributed by atoms with E-state index in [1.54, 1.807) is 10.9 Å². The van der Waals surface area contributed by atoms with E-state index in [4.69, 9.17) is 5.73 Å². The Morgan fingerprint density at radius 2 is 2.00 bits per heavy atom. The molecule has 22 heavy (non-hydrogen) atoms. The van der Waals surface area contributed by atoms with E-state index in [1.165, 1.54) is 19.3 Å². The highest BCUT2D eigenvalue weighted by molar-refractivity contribution is 5.85. The average molecular weight is 349 g/mol. The van der Waals surface area contributed by atoms with Gasteiger partial charge in [0, 0.05) is 25.3 Å². The van der Waals surface area contributed by atoms with Gasteiger partial charge in [-0.3, -0.25) is 9.48 Å². The Morgan fingerprint density at radius 1 is 1.36 bits per heavy atom. The van der Waals surface area contributed by atoms with E-state index in [9.17, 15) is 4.79 Å². The van der Waals surface area contributed by atoms with E-state index in [-0.39, 0.29) is 30.7 Å². The molecule has 1 aromatic rings. The van der Waals surface area contributed by atoms with Crippen molar-refractivity contribution < 1.29 is 4.79 Å². The fraction of sp³-hybridized carbons (Fsp3) is 0.733. The van der Waals surface area contributed by atoms with Crippen LogP contribution in [0.25, 0.3) is 0 Å². The Bertz CT molecular complexity index is 480. The highest BCUT2D eigenvalue weighted by atomic mass is 35.5. The molecule has 0 aliphatic heterocycles. The zero-order valence-corrected chi connectivity index (χ0v) is 14.5. The minimum atomic E-state index is 0. The highest BCUT2D eigenvalue weighted by Crippen LogP contribution is 2.39. The third-order valence-electron chi connectivity index (χ3n) is 4.83. The average Bonchev–Trinajstić information content (AvgIpc) is 2.76. The molecule has 7 heteroatoms. The molecule has 0 aromatic carbocycles. The third-order valence-corrected chi connectivity index (χ3v) is 4.83. The minimum absolute atomic E-state index is 0. The predicted octanol–water partition coefficient (Wildman–Crippen LogP) is 1.83. The zero-order chi connectivity index (χ0) is 14.1. The van der Waals surface area contributed by atoms with Crippen molar-refractivity contribution in [2.24, 2.45) is 24.6 Å². The molecule has 2 unspecified atom stereocenters. The van der Waals surface area contributed by atoms with Gasteiger partial charge in [-0.1, -0.05) is 6.42 Å². The van der Waals surface area contributed by atoms with E-state index in [0.29, 0.717) is 30.3 Å². The summed E-state index contributed by atoms with van der Waals surface area (Å²) in [6, 6.07) is 0.671. The van der Waals surface area contributed by atoms with Gasteiger partial charge in [0.1, 0.15) is 0 Å². The number of aromatic nitrogens is 2. The van der Waals surface area contributed by atoms with E-state index >= 15 is 0 Å². The molecule has 1 amide bonds. The normalized spacial score (nSPS) is 29.9. The lowest BCUT2D eigenvalue weighted by atomic mass is 9.67. The van der Waals surface area contributed by atoms with Crippen molar-refractivity contribution in [2.75, 3.05) is 0 Å². The summed E-state index contributed by atoms with van der Waals surface area (Å²) in [6.07, 6.45) is 9.92. The summed E-state index contributed by atoms with van der Waals surface area (Å²) < 4.78 is 1.73. The highest BCUT2D eigenvalue weighted by Gasteiger charge is 2.39. The molecule has 2 bridgehead atoms. The van der Waals surface area contributed by atoms with Crippen molar-refractivity contribution in [3.63, 3.8) is 0 Å². The number of carbonyl (C=O) groups excluding carboxylic acids is 1. The molecule has 2 atom stereocenters. The van der Waals surface area contributed by atoms with Gasteiger partial charge in [0.2, 0.25) is 5.91 Å². The molecule has 3 N–H and O–H groups in total. The van der Waals surface area contributed by atoms with Crippen LogP contribution in [-0.4, -0.2) is 27.8 Å². The first-order valence-electron chi connectivity index (χ1n) is 7.64. The van der Waals surface area contributed by atoms with Crippen LogP contribution in [0, 0.1) is 11.8 Å². The second-order valence-corrected chi connectivity index (χ2v) is 6.47. The van der Waals surface area contributed by atoms with Gasteiger partial charge in [-0.15, -0.1) is 24.8 Å². The quantitative estimate of drug-likeness (QED) is 0.874. The number of halogens is 2. The number of nitrogens with one attached hydrogen (secondary N) is 1.